The molecule has 0 aliphatic carbocycles. The van der Waals surface area contributed by atoms with Crippen molar-refractivity contribution in [3.05, 3.63) is 140 Å². The Bertz CT molecular complexity index is 1780. The smallest absolute Gasteiger partial charge is 0.309 e. The number of esters is 1. The van der Waals surface area contributed by atoms with Crippen LogP contribution in [0.5, 0.6) is 0 Å². The highest BCUT2D eigenvalue weighted by atomic mass is 16.5. The lowest BCUT2D eigenvalue weighted by atomic mass is 9.94. The highest BCUT2D eigenvalue weighted by Crippen LogP contribution is 2.21. The van der Waals surface area contributed by atoms with Gasteiger partial charge in [0.05, 0.1) is 18.4 Å². The van der Waals surface area contributed by atoms with Crippen molar-refractivity contribution in [3.8, 4) is 0 Å². The van der Waals surface area contributed by atoms with E-state index in [1.807, 2.05) is 103 Å². The number of amides is 3. The number of fused-ring (bicyclic) bond motifs is 1. The molecule has 3 N–H and O–H groups in total. The molecule has 0 saturated carbocycles. The van der Waals surface area contributed by atoms with Crippen LogP contribution in [0.2, 0.25) is 0 Å². The molecule has 4 aromatic carbocycles. The number of benzene rings is 4. The summed E-state index contributed by atoms with van der Waals surface area (Å²) in [5.41, 5.74) is 2.39. The van der Waals surface area contributed by atoms with Gasteiger partial charge in [-0.05, 0) is 66.1 Å². The summed E-state index contributed by atoms with van der Waals surface area (Å²) in [5, 5.41) is 17.2. The zero-order chi connectivity index (χ0) is 37.1. The van der Waals surface area contributed by atoms with E-state index in [1.165, 1.54) is 4.90 Å². The van der Waals surface area contributed by atoms with Crippen LogP contribution in [0.1, 0.15) is 43.2 Å². The van der Waals surface area contributed by atoms with Crippen molar-refractivity contribution in [1.82, 2.24) is 10.2 Å². The number of aliphatic hydroxyl groups excluding tert-OH is 1. The zero-order valence-corrected chi connectivity index (χ0v) is 29.6. The summed E-state index contributed by atoms with van der Waals surface area (Å²) >= 11 is 0. The molecule has 0 bridgehead atoms. The summed E-state index contributed by atoms with van der Waals surface area (Å²) in [6, 6.07) is 31.0. The molecule has 0 aromatic heterocycles. The van der Waals surface area contributed by atoms with Crippen LogP contribution < -0.4 is 10.6 Å². The summed E-state index contributed by atoms with van der Waals surface area (Å²) < 4.78 is 5.79. The van der Waals surface area contributed by atoms with Gasteiger partial charge in [-0.25, -0.2) is 0 Å². The van der Waals surface area contributed by atoms with Crippen LogP contribution in [0.3, 0.4) is 0 Å². The van der Waals surface area contributed by atoms with Crippen molar-refractivity contribution >= 4 is 40.2 Å². The van der Waals surface area contributed by atoms with Crippen molar-refractivity contribution in [2.75, 3.05) is 25.1 Å². The molecule has 0 heterocycles. The van der Waals surface area contributed by atoms with Gasteiger partial charge >= 0.3 is 5.97 Å². The van der Waals surface area contributed by atoms with Gasteiger partial charge in [-0.1, -0.05) is 103 Å². The summed E-state index contributed by atoms with van der Waals surface area (Å²) in [6.45, 7) is 7.29. The molecule has 9 nitrogen and oxygen atoms in total. The highest BCUT2D eigenvalue weighted by Gasteiger charge is 2.30. The first kappa shape index (κ1) is 39.2. The third-order valence-corrected chi connectivity index (χ3v) is 8.84. The minimum absolute atomic E-state index is 0.0971. The van der Waals surface area contributed by atoms with Gasteiger partial charge in [0.15, 0.2) is 0 Å². The van der Waals surface area contributed by atoms with E-state index in [4.69, 9.17) is 4.74 Å². The standard InChI is InChI=1S/C43H49N3O6/c1-3-5-8-22-37(27-32-16-9-6-10-17-32)43(51)52-31-39(42(50)44-38-24-23-34-20-13-14-21-35(34)28-38)45-41(49)36(15-4-2)29-40(48)46(25-26-47)30-33-18-11-7-12-19-33/h3-4,6-7,9-14,16-21,23-24,28,36-37,39,47H,1-2,5,8,15,22,25-27,29-31H2,(H,44,50)(H,45,49). The maximum Gasteiger partial charge on any atom is 0.309 e. The number of ether oxygens (including phenoxy) is 1. The maximum atomic E-state index is 13.8. The van der Waals surface area contributed by atoms with Gasteiger partial charge in [0.2, 0.25) is 11.8 Å². The molecule has 4 rings (SSSR count). The topological polar surface area (TPSA) is 125 Å². The van der Waals surface area contributed by atoms with Crippen LogP contribution in [0.15, 0.2) is 128 Å². The molecular formula is C43H49N3O6. The molecule has 0 saturated heterocycles. The Balaban J connectivity index is 1.52. The number of hydrogen-bond acceptors (Lipinski definition) is 6. The van der Waals surface area contributed by atoms with E-state index in [0.29, 0.717) is 18.5 Å². The number of nitrogens with one attached hydrogen (secondary N) is 2. The maximum absolute atomic E-state index is 13.8. The SMILES string of the molecule is C=CCCCC(Cc1ccccc1)C(=O)OCC(NC(=O)C(CC=C)CC(=O)N(CCO)Cc1ccccc1)C(=O)Nc1ccc2ccccc2c1. The summed E-state index contributed by atoms with van der Waals surface area (Å²) in [6.07, 6.45) is 5.87. The molecule has 52 heavy (non-hydrogen) atoms. The number of hydrogen-bond donors (Lipinski definition) is 3. The number of carbonyl (C=O) groups excluding carboxylic acids is 4. The highest BCUT2D eigenvalue weighted by molar-refractivity contribution is 5.99. The lowest BCUT2D eigenvalue weighted by Gasteiger charge is -2.26. The van der Waals surface area contributed by atoms with Gasteiger partial charge in [0.1, 0.15) is 12.6 Å². The molecule has 3 unspecified atom stereocenters. The number of aliphatic hydroxyl groups is 1. The van der Waals surface area contributed by atoms with Crippen molar-refractivity contribution in [2.24, 2.45) is 11.8 Å². The van der Waals surface area contributed by atoms with Gasteiger partial charge < -0.3 is 25.4 Å². The molecule has 3 atom stereocenters. The van der Waals surface area contributed by atoms with Gasteiger partial charge in [-0.3, -0.25) is 19.2 Å². The van der Waals surface area contributed by atoms with Crippen molar-refractivity contribution in [1.29, 1.82) is 0 Å². The van der Waals surface area contributed by atoms with E-state index in [1.54, 1.807) is 12.1 Å². The Kier molecular flexibility index (Phi) is 15.8. The molecule has 0 spiro atoms. The van der Waals surface area contributed by atoms with Crippen LogP contribution in [-0.2, 0) is 36.9 Å². The lowest BCUT2D eigenvalue weighted by Crippen LogP contribution is -2.50. The van der Waals surface area contributed by atoms with E-state index in [-0.39, 0.29) is 38.4 Å². The summed E-state index contributed by atoms with van der Waals surface area (Å²) in [4.78, 5) is 56.2. The van der Waals surface area contributed by atoms with Crippen molar-refractivity contribution in [2.45, 2.75) is 51.1 Å². The number of unbranched alkanes of at least 4 members (excludes halogenated alkanes) is 1. The zero-order valence-electron chi connectivity index (χ0n) is 29.6. The Morgan fingerprint density at radius 3 is 2.13 bits per heavy atom. The van der Waals surface area contributed by atoms with Gasteiger partial charge in [0, 0.05) is 25.2 Å². The molecule has 4 aromatic rings. The van der Waals surface area contributed by atoms with Crippen LogP contribution in [-0.4, -0.2) is 59.5 Å². The number of carbonyl (C=O) groups is 4. The fraction of sp³-hybridized carbons (Fsp3) is 0.302. The van der Waals surface area contributed by atoms with Crippen molar-refractivity contribution in [3.63, 3.8) is 0 Å². The molecule has 0 aliphatic heterocycles. The second kappa shape index (κ2) is 21.0. The Labute approximate surface area is 306 Å². The van der Waals surface area contributed by atoms with Gasteiger partial charge in [0.25, 0.3) is 5.91 Å². The first-order chi connectivity index (χ1) is 25.3. The fourth-order valence-corrected chi connectivity index (χ4v) is 6.00. The molecule has 0 aliphatic rings. The third-order valence-electron chi connectivity index (χ3n) is 8.84. The van der Waals surface area contributed by atoms with E-state index in [2.05, 4.69) is 23.8 Å². The first-order valence-corrected chi connectivity index (χ1v) is 17.8. The normalized spacial score (nSPS) is 12.6. The molecule has 0 fully saturated rings. The number of allylic oxidation sites excluding steroid dienone is 2. The first-order valence-electron chi connectivity index (χ1n) is 17.8. The van der Waals surface area contributed by atoms with Gasteiger partial charge in [-0.2, -0.15) is 0 Å². The second-order valence-electron chi connectivity index (χ2n) is 12.8. The average Bonchev–Trinajstić information content (AvgIpc) is 3.16. The van der Waals surface area contributed by atoms with E-state index in [9.17, 15) is 24.3 Å². The minimum Gasteiger partial charge on any atom is -0.463 e. The quantitative estimate of drug-likeness (QED) is 0.0509. The fourth-order valence-electron chi connectivity index (χ4n) is 6.00. The Hall–Kier alpha value is -5.54. The molecule has 3 amide bonds. The largest absolute Gasteiger partial charge is 0.463 e. The Morgan fingerprint density at radius 2 is 1.46 bits per heavy atom. The van der Waals surface area contributed by atoms with E-state index in [0.717, 1.165) is 34.7 Å². The molecule has 0 radical (unpaired) electrons. The minimum atomic E-state index is -1.26. The van der Waals surface area contributed by atoms with E-state index < -0.39 is 42.3 Å². The van der Waals surface area contributed by atoms with Crippen LogP contribution in [0.4, 0.5) is 5.69 Å². The Morgan fingerprint density at radius 1 is 0.788 bits per heavy atom. The summed E-state index contributed by atoms with van der Waals surface area (Å²) in [5.74, 6) is -3.25. The number of rotatable bonds is 21. The molecule has 9 heteroatoms. The lowest BCUT2D eigenvalue weighted by molar-refractivity contribution is -0.151. The van der Waals surface area contributed by atoms with Crippen LogP contribution in [0.25, 0.3) is 10.8 Å². The second-order valence-corrected chi connectivity index (χ2v) is 12.8. The predicted octanol–water partition coefficient (Wildman–Crippen LogP) is 6.63. The molecule has 272 valence electrons. The van der Waals surface area contributed by atoms with E-state index >= 15 is 0 Å². The third kappa shape index (κ3) is 12.3. The van der Waals surface area contributed by atoms with Gasteiger partial charge in [-0.15, -0.1) is 13.2 Å². The predicted molar refractivity (Wildman–Crippen MR) is 205 cm³/mol. The number of nitrogens with zero attached hydrogens (tertiary/aromatic N) is 1. The van der Waals surface area contributed by atoms with Crippen molar-refractivity contribution < 1.29 is 29.0 Å². The van der Waals surface area contributed by atoms with Crippen LogP contribution >= 0.6 is 0 Å². The van der Waals surface area contributed by atoms with Crippen LogP contribution in [0, 0.1) is 11.8 Å². The monoisotopic (exact) mass is 703 g/mol. The average molecular weight is 704 g/mol. The summed E-state index contributed by atoms with van der Waals surface area (Å²) in [7, 11) is 0. The molecular weight excluding hydrogens is 654 g/mol. The number of anilines is 1.